The van der Waals surface area contributed by atoms with E-state index in [1.807, 2.05) is 26.0 Å². The van der Waals surface area contributed by atoms with Crippen LogP contribution in [0.1, 0.15) is 11.4 Å². The Labute approximate surface area is 135 Å². The van der Waals surface area contributed by atoms with Gasteiger partial charge in [-0.15, -0.1) is 0 Å². The van der Waals surface area contributed by atoms with Crippen molar-refractivity contribution in [3.8, 4) is 11.3 Å². The van der Waals surface area contributed by atoms with Crippen molar-refractivity contribution in [2.24, 2.45) is 0 Å². The van der Waals surface area contributed by atoms with Crippen LogP contribution in [0.4, 0.5) is 5.69 Å². The number of aryl methyl sites for hydroxylation is 2. The first-order valence-corrected chi connectivity index (χ1v) is 8.64. The van der Waals surface area contributed by atoms with Gasteiger partial charge in [-0.1, -0.05) is 29.8 Å². The third kappa shape index (κ3) is 3.43. The molecule has 23 heavy (non-hydrogen) atoms. The molecule has 3 aromatic rings. The Kier molecular flexibility index (Phi) is 3.92. The van der Waals surface area contributed by atoms with Crippen molar-refractivity contribution in [2.75, 3.05) is 4.72 Å². The summed E-state index contributed by atoms with van der Waals surface area (Å²) in [5.41, 5.74) is 3.38. The molecule has 1 aromatic heterocycles. The summed E-state index contributed by atoms with van der Waals surface area (Å²) in [6.07, 6.45) is 1.75. The Morgan fingerprint density at radius 1 is 0.957 bits per heavy atom. The molecule has 0 aliphatic carbocycles. The number of nitrogens with zero attached hydrogens (tertiary/aromatic N) is 1. The van der Waals surface area contributed by atoms with E-state index in [1.54, 1.807) is 42.6 Å². The number of sulfonamides is 1. The van der Waals surface area contributed by atoms with Crippen LogP contribution in [0.5, 0.6) is 0 Å². The van der Waals surface area contributed by atoms with Gasteiger partial charge in [0, 0.05) is 5.69 Å². The predicted molar refractivity (Wildman–Crippen MR) is 90.7 cm³/mol. The van der Waals surface area contributed by atoms with Crippen LogP contribution in [-0.4, -0.2) is 18.4 Å². The van der Waals surface area contributed by atoms with Crippen molar-refractivity contribution in [1.29, 1.82) is 0 Å². The Balaban J connectivity index is 1.81. The number of anilines is 1. The molecule has 0 aliphatic heterocycles. The van der Waals surface area contributed by atoms with E-state index in [2.05, 4.69) is 14.7 Å². The van der Waals surface area contributed by atoms with E-state index < -0.39 is 10.0 Å². The summed E-state index contributed by atoms with van der Waals surface area (Å²) in [7, 11) is -3.57. The van der Waals surface area contributed by atoms with Gasteiger partial charge in [0.15, 0.2) is 0 Å². The quantitative estimate of drug-likeness (QED) is 0.770. The monoisotopic (exact) mass is 327 g/mol. The fraction of sp³-hybridized carbons (Fsp3) is 0.118. The molecule has 0 atom stereocenters. The SMILES string of the molecule is Cc1ccc(S(=O)(=O)Nc2ccc(-c3cnc(C)[nH]3)cc2)cc1. The lowest BCUT2D eigenvalue weighted by atomic mass is 10.1. The summed E-state index contributed by atoms with van der Waals surface area (Å²) in [5, 5.41) is 0. The maximum absolute atomic E-state index is 12.3. The second-order valence-corrected chi connectivity index (χ2v) is 7.06. The highest BCUT2D eigenvalue weighted by molar-refractivity contribution is 7.92. The van der Waals surface area contributed by atoms with Crippen molar-refractivity contribution in [2.45, 2.75) is 18.7 Å². The van der Waals surface area contributed by atoms with Crippen molar-refractivity contribution >= 4 is 15.7 Å². The number of H-pyrrole nitrogens is 1. The number of hydrogen-bond donors (Lipinski definition) is 2. The Morgan fingerprint density at radius 3 is 2.17 bits per heavy atom. The van der Waals surface area contributed by atoms with Gasteiger partial charge in [0.25, 0.3) is 10.0 Å². The van der Waals surface area contributed by atoms with Crippen molar-refractivity contribution in [3.63, 3.8) is 0 Å². The number of rotatable bonds is 4. The van der Waals surface area contributed by atoms with Gasteiger partial charge in [-0.3, -0.25) is 4.72 Å². The number of nitrogens with one attached hydrogen (secondary N) is 2. The maximum atomic E-state index is 12.3. The van der Waals surface area contributed by atoms with Gasteiger partial charge in [0.2, 0.25) is 0 Å². The van der Waals surface area contributed by atoms with Gasteiger partial charge in [0.05, 0.1) is 16.8 Å². The van der Waals surface area contributed by atoms with Crippen molar-refractivity contribution in [1.82, 2.24) is 9.97 Å². The molecule has 3 rings (SSSR count). The van der Waals surface area contributed by atoms with Gasteiger partial charge in [0.1, 0.15) is 5.82 Å². The number of aromatic nitrogens is 2. The smallest absolute Gasteiger partial charge is 0.261 e. The Morgan fingerprint density at radius 2 is 1.61 bits per heavy atom. The lowest BCUT2D eigenvalue weighted by molar-refractivity contribution is 0.601. The van der Waals surface area contributed by atoms with Crippen LogP contribution in [0, 0.1) is 13.8 Å². The summed E-state index contributed by atoms with van der Waals surface area (Å²) >= 11 is 0. The molecule has 118 valence electrons. The van der Waals surface area contributed by atoms with E-state index in [9.17, 15) is 8.42 Å². The summed E-state index contributed by atoms with van der Waals surface area (Å²) in [4.78, 5) is 7.54. The first kappa shape index (κ1) is 15.3. The zero-order valence-corrected chi connectivity index (χ0v) is 13.7. The third-order valence-corrected chi connectivity index (χ3v) is 4.88. The van der Waals surface area contributed by atoms with Crippen LogP contribution in [0.3, 0.4) is 0 Å². The summed E-state index contributed by atoms with van der Waals surface area (Å²) in [6, 6.07) is 13.9. The zero-order chi connectivity index (χ0) is 16.4. The normalized spacial score (nSPS) is 11.4. The van der Waals surface area contributed by atoms with Crippen molar-refractivity contribution in [3.05, 3.63) is 66.1 Å². The second-order valence-electron chi connectivity index (χ2n) is 5.38. The lowest BCUT2D eigenvalue weighted by Crippen LogP contribution is -2.12. The van der Waals surface area contributed by atoms with Gasteiger partial charge in [-0.2, -0.15) is 0 Å². The van der Waals surface area contributed by atoms with Crippen molar-refractivity contribution < 1.29 is 8.42 Å². The average Bonchev–Trinajstić information content (AvgIpc) is 2.95. The van der Waals surface area contributed by atoms with E-state index in [1.165, 1.54) is 0 Å². The minimum Gasteiger partial charge on any atom is -0.342 e. The molecule has 0 spiro atoms. The zero-order valence-electron chi connectivity index (χ0n) is 12.9. The standard InChI is InChI=1S/C17H17N3O2S/c1-12-3-9-16(10-4-12)23(21,22)20-15-7-5-14(6-8-15)17-11-18-13(2)19-17/h3-11,20H,1-2H3,(H,18,19). The third-order valence-electron chi connectivity index (χ3n) is 3.48. The minimum atomic E-state index is -3.57. The molecule has 0 bridgehead atoms. The molecule has 5 nitrogen and oxygen atoms in total. The summed E-state index contributed by atoms with van der Waals surface area (Å²) in [6.45, 7) is 3.80. The van der Waals surface area contributed by atoms with E-state index in [0.717, 1.165) is 22.6 Å². The molecule has 0 amide bonds. The summed E-state index contributed by atoms with van der Waals surface area (Å²) < 4.78 is 27.3. The van der Waals surface area contributed by atoms with E-state index in [0.29, 0.717) is 5.69 Å². The van der Waals surface area contributed by atoms with Crippen LogP contribution < -0.4 is 4.72 Å². The maximum Gasteiger partial charge on any atom is 0.261 e. The van der Waals surface area contributed by atoms with Crippen LogP contribution in [0.15, 0.2) is 59.6 Å². The molecule has 0 aliphatic rings. The fourth-order valence-electron chi connectivity index (χ4n) is 2.22. The Hall–Kier alpha value is -2.60. The largest absolute Gasteiger partial charge is 0.342 e. The number of imidazole rings is 1. The van der Waals surface area contributed by atoms with E-state index in [4.69, 9.17) is 0 Å². The first-order chi connectivity index (χ1) is 10.9. The van der Waals surface area contributed by atoms with Crippen LogP contribution in [-0.2, 0) is 10.0 Å². The highest BCUT2D eigenvalue weighted by Crippen LogP contribution is 2.21. The van der Waals surface area contributed by atoms with Gasteiger partial charge in [-0.05, 0) is 43.7 Å². The Bertz CT molecular complexity index is 911. The predicted octanol–water partition coefficient (Wildman–Crippen LogP) is 3.49. The van der Waals surface area contributed by atoms with E-state index >= 15 is 0 Å². The molecule has 0 unspecified atom stereocenters. The molecule has 0 radical (unpaired) electrons. The number of benzene rings is 2. The van der Waals surface area contributed by atoms with Gasteiger partial charge < -0.3 is 4.98 Å². The van der Waals surface area contributed by atoms with Gasteiger partial charge >= 0.3 is 0 Å². The minimum absolute atomic E-state index is 0.247. The number of aromatic amines is 1. The van der Waals surface area contributed by atoms with Crippen LogP contribution in [0.25, 0.3) is 11.3 Å². The van der Waals surface area contributed by atoms with Gasteiger partial charge in [-0.25, -0.2) is 13.4 Å². The molecule has 0 saturated heterocycles. The highest BCUT2D eigenvalue weighted by Gasteiger charge is 2.13. The first-order valence-electron chi connectivity index (χ1n) is 7.15. The lowest BCUT2D eigenvalue weighted by Gasteiger charge is -2.09. The molecule has 2 N–H and O–H groups in total. The highest BCUT2D eigenvalue weighted by atomic mass is 32.2. The number of hydrogen-bond acceptors (Lipinski definition) is 3. The average molecular weight is 327 g/mol. The molecule has 0 fully saturated rings. The molecule has 6 heteroatoms. The molecular formula is C17H17N3O2S. The molecular weight excluding hydrogens is 310 g/mol. The fourth-order valence-corrected chi connectivity index (χ4v) is 3.28. The molecule has 2 aromatic carbocycles. The van der Waals surface area contributed by atoms with E-state index in [-0.39, 0.29) is 4.90 Å². The molecule has 0 saturated carbocycles. The molecule has 1 heterocycles. The summed E-state index contributed by atoms with van der Waals surface area (Å²) in [5.74, 6) is 0.837. The topological polar surface area (TPSA) is 74.8 Å². The second kappa shape index (κ2) is 5.89. The van der Waals surface area contributed by atoms with Crippen LogP contribution >= 0.6 is 0 Å². The van der Waals surface area contributed by atoms with Crippen LogP contribution in [0.2, 0.25) is 0 Å².